The highest BCUT2D eigenvalue weighted by Gasteiger charge is 2.21. The molecule has 0 aliphatic heterocycles. The first-order valence-electron chi connectivity index (χ1n) is 5.34. The second-order valence-corrected chi connectivity index (χ2v) is 3.46. The molecule has 2 atom stereocenters. The highest BCUT2D eigenvalue weighted by atomic mass is 14.3. The van der Waals surface area contributed by atoms with Crippen LogP contribution in [0.3, 0.4) is 0 Å². The first-order valence-corrected chi connectivity index (χ1v) is 5.34. The topological polar surface area (TPSA) is 0 Å². The molecule has 0 saturated heterocycles. The van der Waals surface area contributed by atoms with E-state index in [0.29, 0.717) is 0 Å². The lowest BCUT2D eigenvalue weighted by atomic mass is 9.94. The van der Waals surface area contributed by atoms with Gasteiger partial charge in [-0.15, -0.1) is 0 Å². The van der Waals surface area contributed by atoms with Gasteiger partial charge in [0.25, 0.3) is 0 Å². The summed E-state index contributed by atoms with van der Waals surface area (Å²) in [5.74, 6) is 2.11. The van der Waals surface area contributed by atoms with Gasteiger partial charge in [0.1, 0.15) is 0 Å². The average Bonchev–Trinajstić information content (AvgIpc) is 2.42. The fourth-order valence-electron chi connectivity index (χ4n) is 2.02. The van der Waals surface area contributed by atoms with E-state index in [9.17, 15) is 0 Å². The van der Waals surface area contributed by atoms with Gasteiger partial charge in [-0.05, 0) is 11.8 Å². The lowest BCUT2D eigenvalue weighted by Gasteiger charge is -2.12. The third-order valence-corrected chi connectivity index (χ3v) is 2.70. The Morgan fingerprint density at radius 2 is 1.82 bits per heavy atom. The number of hydrogen-bond acceptors (Lipinski definition) is 0. The molecular formula is C11H24. The van der Waals surface area contributed by atoms with Gasteiger partial charge in [0.15, 0.2) is 0 Å². The predicted molar refractivity (Wildman–Crippen MR) is 52.8 cm³/mol. The van der Waals surface area contributed by atoms with Crippen LogP contribution in [0, 0.1) is 11.8 Å². The largest absolute Gasteiger partial charge is 0.0683 e. The molecule has 0 spiro atoms. The van der Waals surface area contributed by atoms with Crippen molar-refractivity contribution in [1.29, 1.82) is 0 Å². The summed E-state index contributed by atoms with van der Waals surface area (Å²) in [6.45, 7) is 8.71. The predicted octanol–water partition coefficient (Wildman–Crippen LogP) is 4.25. The zero-order valence-corrected chi connectivity index (χ0v) is 8.69. The monoisotopic (exact) mass is 156 g/mol. The average molecular weight is 156 g/mol. The zero-order chi connectivity index (χ0) is 8.69. The van der Waals surface area contributed by atoms with Crippen LogP contribution in [-0.2, 0) is 0 Å². The van der Waals surface area contributed by atoms with Gasteiger partial charge in [0.2, 0.25) is 0 Å². The number of rotatable bonds is 2. The van der Waals surface area contributed by atoms with E-state index in [1.165, 1.54) is 32.1 Å². The van der Waals surface area contributed by atoms with Crippen LogP contribution in [0.1, 0.15) is 59.8 Å². The molecule has 0 aromatic heterocycles. The van der Waals surface area contributed by atoms with Crippen molar-refractivity contribution in [2.45, 2.75) is 59.8 Å². The summed E-state index contributed by atoms with van der Waals surface area (Å²) in [6, 6.07) is 0. The minimum Gasteiger partial charge on any atom is -0.0683 e. The van der Waals surface area contributed by atoms with Crippen LogP contribution in [0.15, 0.2) is 0 Å². The van der Waals surface area contributed by atoms with Gasteiger partial charge in [0, 0.05) is 0 Å². The maximum Gasteiger partial charge on any atom is -0.0389 e. The zero-order valence-electron chi connectivity index (χ0n) is 8.69. The smallest absolute Gasteiger partial charge is 0.0389 e. The Labute approximate surface area is 72.4 Å². The molecule has 1 fully saturated rings. The van der Waals surface area contributed by atoms with E-state index in [4.69, 9.17) is 0 Å². The molecule has 1 aliphatic carbocycles. The molecule has 1 saturated carbocycles. The molecule has 0 aromatic rings. The van der Waals surface area contributed by atoms with Crippen LogP contribution < -0.4 is 0 Å². The molecule has 0 nitrogen and oxygen atoms in total. The van der Waals surface area contributed by atoms with Gasteiger partial charge >= 0.3 is 0 Å². The second kappa shape index (κ2) is 6.69. The van der Waals surface area contributed by atoms with Gasteiger partial charge < -0.3 is 0 Å². The standard InChI is InChI=1S/C9H18.C2H6/c1-3-5-9-7-4-6-8(9)2;1-2/h8-9H,3-7H2,1-2H3;1-2H3. The van der Waals surface area contributed by atoms with Gasteiger partial charge in [0.05, 0.1) is 0 Å². The summed E-state index contributed by atoms with van der Waals surface area (Å²) in [5.41, 5.74) is 0. The Morgan fingerprint density at radius 1 is 1.18 bits per heavy atom. The minimum absolute atomic E-state index is 1.03. The summed E-state index contributed by atoms with van der Waals surface area (Å²) in [7, 11) is 0. The van der Waals surface area contributed by atoms with Crippen LogP contribution in [0.25, 0.3) is 0 Å². The summed E-state index contributed by atoms with van der Waals surface area (Å²) >= 11 is 0. The van der Waals surface area contributed by atoms with Crippen molar-refractivity contribution in [3.8, 4) is 0 Å². The molecule has 0 aromatic carbocycles. The first kappa shape index (κ1) is 11.0. The molecule has 68 valence electrons. The third kappa shape index (κ3) is 3.79. The molecular weight excluding hydrogens is 132 g/mol. The quantitative estimate of drug-likeness (QED) is 0.560. The van der Waals surface area contributed by atoms with E-state index in [1.54, 1.807) is 0 Å². The van der Waals surface area contributed by atoms with Gasteiger partial charge in [-0.3, -0.25) is 0 Å². The molecule has 0 radical (unpaired) electrons. The molecule has 0 heteroatoms. The van der Waals surface area contributed by atoms with Crippen molar-refractivity contribution in [3.05, 3.63) is 0 Å². The van der Waals surface area contributed by atoms with Crippen molar-refractivity contribution in [2.75, 3.05) is 0 Å². The molecule has 1 aliphatic rings. The molecule has 0 amide bonds. The van der Waals surface area contributed by atoms with E-state index in [-0.39, 0.29) is 0 Å². The Bertz CT molecular complexity index is 76.1. The third-order valence-electron chi connectivity index (χ3n) is 2.70. The Kier molecular flexibility index (Phi) is 6.69. The summed E-state index contributed by atoms with van der Waals surface area (Å²) in [4.78, 5) is 0. The molecule has 1 rings (SSSR count). The van der Waals surface area contributed by atoms with E-state index < -0.39 is 0 Å². The maximum atomic E-state index is 2.41. The van der Waals surface area contributed by atoms with Gasteiger partial charge in [-0.2, -0.15) is 0 Å². The second-order valence-electron chi connectivity index (χ2n) is 3.46. The van der Waals surface area contributed by atoms with Crippen molar-refractivity contribution < 1.29 is 0 Å². The Balaban J connectivity index is 0.000000461. The normalized spacial score (nSPS) is 29.5. The summed E-state index contributed by atoms with van der Waals surface area (Å²) < 4.78 is 0. The van der Waals surface area contributed by atoms with Crippen LogP contribution in [-0.4, -0.2) is 0 Å². The molecule has 11 heavy (non-hydrogen) atoms. The van der Waals surface area contributed by atoms with Crippen LogP contribution in [0.5, 0.6) is 0 Å². The summed E-state index contributed by atoms with van der Waals surface area (Å²) in [6.07, 6.45) is 7.35. The fraction of sp³-hybridized carbons (Fsp3) is 1.00. The fourth-order valence-corrected chi connectivity index (χ4v) is 2.02. The minimum atomic E-state index is 1.03. The van der Waals surface area contributed by atoms with Gasteiger partial charge in [-0.25, -0.2) is 0 Å². The Hall–Kier alpha value is 0. The Morgan fingerprint density at radius 3 is 2.18 bits per heavy atom. The van der Waals surface area contributed by atoms with Crippen LogP contribution in [0.2, 0.25) is 0 Å². The van der Waals surface area contributed by atoms with E-state index in [0.717, 1.165) is 11.8 Å². The molecule has 0 N–H and O–H groups in total. The van der Waals surface area contributed by atoms with Crippen molar-refractivity contribution in [1.82, 2.24) is 0 Å². The van der Waals surface area contributed by atoms with Crippen molar-refractivity contribution >= 4 is 0 Å². The van der Waals surface area contributed by atoms with Crippen molar-refractivity contribution in [2.24, 2.45) is 11.8 Å². The van der Waals surface area contributed by atoms with Crippen molar-refractivity contribution in [3.63, 3.8) is 0 Å². The van der Waals surface area contributed by atoms with Gasteiger partial charge in [-0.1, -0.05) is 59.8 Å². The maximum absolute atomic E-state index is 2.41. The van der Waals surface area contributed by atoms with Crippen LogP contribution >= 0.6 is 0 Å². The molecule has 0 bridgehead atoms. The SMILES string of the molecule is CC.CCCC1CCCC1C. The molecule has 0 heterocycles. The lowest BCUT2D eigenvalue weighted by molar-refractivity contribution is 0.388. The number of hydrogen-bond donors (Lipinski definition) is 0. The summed E-state index contributed by atoms with van der Waals surface area (Å²) in [5, 5.41) is 0. The highest BCUT2D eigenvalue weighted by molar-refractivity contribution is 4.73. The molecule has 2 unspecified atom stereocenters. The van der Waals surface area contributed by atoms with E-state index in [2.05, 4.69) is 13.8 Å². The van der Waals surface area contributed by atoms with E-state index >= 15 is 0 Å². The first-order chi connectivity index (χ1) is 5.34. The van der Waals surface area contributed by atoms with E-state index in [1.807, 2.05) is 13.8 Å². The van der Waals surface area contributed by atoms with Crippen LogP contribution in [0.4, 0.5) is 0 Å². The lowest BCUT2D eigenvalue weighted by Crippen LogP contribution is -2.02. The highest BCUT2D eigenvalue weighted by Crippen LogP contribution is 2.33.